The smallest absolute Gasteiger partial charge is 0.0433 e. The summed E-state index contributed by atoms with van der Waals surface area (Å²) in [5.41, 5.74) is 0.365. The van der Waals surface area contributed by atoms with Crippen molar-refractivity contribution in [3.8, 4) is 0 Å². The molecule has 1 heterocycles. The first-order valence-electron chi connectivity index (χ1n) is 6.36. The Kier molecular flexibility index (Phi) is 4.60. The largest absolute Gasteiger partial charge is 0.396 e. The zero-order chi connectivity index (χ0) is 11.5. The molecular weight excluding hydrogens is 186 g/mol. The second-order valence-corrected chi connectivity index (χ2v) is 5.71. The van der Waals surface area contributed by atoms with Gasteiger partial charge in [-0.05, 0) is 44.1 Å². The van der Waals surface area contributed by atoms with Gasteiger partial charge in [-0.25, -0.2) is 0 Å². The van der Waals surface area contributed by atoms with E-state index in [-0.39, 0.29) is 0 Å². The van der Waals surface area contributed by atoms with Crippen LogP contribution in [-0.2, 0) is 0 Å². The van der Waals surface area contributed by atoms with Crippen LogP contribution in [0.1, 0.15) is 47.0 Å². The summed E-state index contributed by atoms with van der Waals surface area (Å²) in [6.07, 6.45) is 3.46. The minimum Gasteiger partial charge on any atom is -0.396 e. The highest BCUT2D eigenvalue weighted by atomic mass is 16.3. The number of rotatable bonds is 4. The topological polar surface area (TPSA) is 23.5 Å². The Hall–Kier alpha value is -0.0800. The zero-order valence-corrected chi connectivity index (χ0v) is 10.8. The molecule has 1 aliphatic heterocycles. The lowest BCUT2D eigenvalue weighted by Crippen LogP contribution is -2.49. The summed E-state index contributed by atoms with van der Waals surface area (Å²) in [7, 11) is 0. The summed E-state index contributed by atoms with van der Waals surface area (Å²) in [5, 5.41) is 9.06. The van der Waals surface area contributed by atoms with Crippen LogP contribution in [0.2, 0.25) is 0 Å². The average molecular weight is 213 g/mol. The van der Waals surface area contributed by atoms with Crippen LogP contribution in [0.15, 0.2) is 0 Å². The van der Waals surface area contributed by atoms with E-state index in [1.165, 1.54) is 25.9 Å². The summed E-state index contributed by atoms with van der Waals surface area (Å²) >= 11 is 0. The van der Waals surface area contributed by atoms with E-state index in [2.05, 4.69) is 32.6 Å². The van der Waals surface area contributed by atoms with Gasteiger partial charge in [-0.1, -0.05) is 20.8 Å². The molecule has 0 spiro atoms. The molecule has 1 saturated heterocycles. The summed E-state index contributed by atoms with van der Waals surface area (Å²) in [4.78, 5) is 2.61. The number of aliphatic hydroxyl groups excluding tert-OH is 1. The number of piperidine rings is 1. The number of hydrogen-bond donors (Lipinski definition) is 1. The molecule has 1 rings (SSSR count). The molecule has 1 N–H and O–H groups in total. The Balaban J connectivity index is 2.56. The lowest BCUT2D eigenvalue weighted by molar-refractivity contribution is 0.0201. The van der Waals surface area contributed by atoms with Crippen molar-refractivity contribution < 1.29 is 5.11 Å². The van der Waals surface area contributed by atoms with Crippen LogP contribution < -0.4 is 0 Å². The van der Waals surface area contributed by atoms with E-state index in [0.29, 0.717) is 24.0 Å². The highest BCUT2D eigenvalue weighted by Gasteiger charge is 2.36. The molecule has 2 atom stereocenters. The number of hydrogen-bond acceptors (Lipinski definition) is 2. The van der Waals surface area contributed by atoms with Crippen LogP contribution >= 0.6 is 0 Å². The van der Waals surface area contributed by atoms with Crippen molar-refractivity contribution >= 4 is 0 Å². The van der Waals surface area contributed by atoms with E-state index in [9.17, 15) is 0 Å². The summed E-state index contributed by atoms with van der Waals surface area (Å²) in [6.45, 7) is 12.0. The Bertz CT molecular complexity index is 191. The van der Waals surface area contributed by atoms with Gasteiger partial charge in [0.25, 0.3) is 0 Å². The van der Waals surface area contributed by atoms with Crippen LogP contribution in [-0.4, -0.2) is 35.7 Å². The molecule has 0 bridgehead atoms. The van der Waals surface area contributed by atoms with E-state index in [0.717, 1.165) is 6.42 Å². The Morgan fingerprint density at radius 1 is 1.47 bits per heavy atom. The van der Waals surface area contributed by atoms with E-state index in [1.807, 2.05) is 0 Å². The highest BCUT2D eigenvalue weighted by molar-refractivity contribution is 4.88. The quantitative estimate of drug-likeness (QED) is 0.775. The van der Waals surface area contributed by atoms with Gasteiger partial charge in [-0.15, -0.1) is 0 Å². The van der Waals surface area contributed by atoms with Gasteiger partial charge >= 0.3 is 0 Å². The monoisotopic (exact) mass is 213 g/mol. The van der Waals surface area contributed by atoms with Crippen LogP contribution in [0.3, 0.4) is 0 Å². The van der Waals surface area contributed by atoms with Gasteiger partial charge in [0, 0.05) is 19.2 Å². The first-order chi connectivity index (χ1) is 7.01. The second-order valence-electron chi connectivity index (χ2n) is 5.71. The fraction of sp³-hybridized carbons (Fsp3) is 1.00. The van der Waals surface area contributed by atoms with Gasteiger partial charge in [0.1, 0.15) is 0 Å². The standard InChI is InChI=1S/C13H27NO/c1-5-11(2)14-8-6-12(7-9-15)13(3,4)10-14/h11-12,15H,5-10H2,1-4H3. The maximum atomic E-state index is 9.06. The van der Waals surface area contributed by atoms with Gasteiger partial charge < -0.3 is 10.0 Å². The molecule has 1 aliphatic rings. The summed E-state index contributed by atoms with van der Waals surface area (Å²) in [6, 6.07) is 0.708. The lowest BCUT2D eigenvalue weighted by Gasteiger charge is -2.46. The van der Waals surface area contributed by atoms with E-state index < -0.39 is 0 Å². The van der Waals surface area contributed by atoms with Crippen LogP contribution in [0.25, 0.3) is 0 Å². The minimum absolute atomic E-state index is 0.345. The van der Waals surface area contributed by atoms with Gasteiger partial charge in [0.15, 0.2) is 0 Å². The first-order valence-corrected chi connectivity index (χ1v) is 6.36. The predicted molar refractivity (Wildman–Crippen MR) is 64.9 cm³/mol. The zero-order valence-electron chi connectivity index (χ0n) is 10.8. The summed E-state index contributed by atoms with van der Waals surface area (Å²) in [5.74, 6) is 0.697. The maximum absolute atomic E-state index is 9.06. The molecule has 0 aromatic heterocycles. The molecule has 0 saturated carbocycles. The van der Waals surface area contributed by atoms with Crippen molar-refractivity contribution in [1.82, 2.24) is 4.90 Å². The fourth-order valence-electron chi connectivity index (χ4n) is 2.77. The number of nitrogens with zero attached hydrogens (tertiary/aromatic N) is 1. The van der Waals surface area contributed by atoms with E-state index in [4.69, 9.17) is 5.11 Å². The normalized spacial score (nSPS) is 29.0. The van der Waals surface area contributed by atoms with Gasteiger partial charge in [0.2, 0.25) is 0 Å². The van der Waals surface area contributed by atoms with Crippen molar-refractivity contribution in [2.24, 2.45) is 11.3 Å². The van der Waals surface area contributed by atoms with Crippen LogP contribution in [0.5, 0.6) is 0 Å². The molecule has 15 heavy (non-hydrogen) atoms. The van der Waals surface area contributed by atoms with Crippen LogP contribution in [0.4, 0.5) is 0 Å². The predicted octanol–water partition coefficient (Wildman–Crippen LogP) is 2.52. The van der Waals surface area contributed by atoms with E-state index in [1.54, 1.807) is 0 Å². The van der Waals surface area contributed by atoms with Gasteiger partial charge in [0.05, 0.1) is 0 Å². The van der Waals surface area contributed by atoms with Gasteiger partial charge in [-0.3, -0.25) is 0 Å². The van der Waals surface area contributed by atoms with Crippen molar-refractivity contribution in [1.29, 1.82) is 0 Å². The molecule has 0 aliphatic carbocycles. The van der Waals surface area contributed by atoms with Crippen LogP contribution in [0, 0.1) is 11.3 Å². The molecular formula is C13H27NO. The second kappa shape index (κ2) is 5.31. The molecule has 0 aromatic carbocycles. The Morgan fingerprint density at radius 2 is 2.13 bits per heavy atom. The third-order valence-electron chi connectivity index (χ3n) is 4.17. The Labute approximate surface area is 94.7 Å². The molecule has 0 amide bonds. The first kappa shape index (κ1) is 13.0. The third-order valence-corrected chi connectivity index (χ3v) is 4.17. The molecule has 2 nitrogen and oxygen atoms in total. The van der Waals surface area contributed by atoms with E-state index >= 15 is 0 Å². The molecule has 2 heteroatoms. The highest BCUT2D eigenvalue weighted by Crippen LogP contribution is 2.37. The maximum Gasteiger partial charge on any atom is 0.0433 e. The number of likely N-dealkylation sites (tertiary alicyclic amines) is 1. The Morgan fingerprint density at radius 3 is 2.60 bits per heavy atom. The van der Waals surface area contributed by atoms with Crippen molar-refractivity contribution in [3.63, 3.8) is 0 Å². The molecule has 0 radical (unpaired) electrons. The number of aliphatic hydroxyl groups is 1. The third kappa shape index (κ3) is 3.18. The van der Waals surface area contributed by atoms with Crippen molar-refractivity contribution in [3.05, 3.63) is 0 Å². The fourth-order valence-corrected chi connectivity index (χ4v) is 2.77. The molecule has 0 aromatic rings. The SMILES string of the molecule is CCC(C)N1CCC(CCO)C(C)(C)C1. The molecule has 90 valence electrons. The summed E-state index contributed by atoms with van der Waals surface area (Å²) < 4.78 is 0. The average Bonchev–Trinajstić information content (AvgIpc) is 2.19. The minimum atomic E-state index is 0.345. The molecule has 2 unspecified atom stereocenters. The molecule has 1 fully saturated rings. The van der Waals surface area contributed by atoms with Gasteiger partial charge in [-0.2, -0.15) is 0 Å². The lowest BCUT2D eigenvalue weighted by atomic mass is 9.72. The van der Waals surface area contributed by atoms with Crippen molar-refractivity contribution in [2.75, 3.05) is 19.7 Å². The van der Waals surface area contributed by atoms with Crippen molar-refractivity contribution in [2.45, 2.75) is 53.0 Å².